The molecule has 0 aromatic heterocycles. The Balaban J connectivity index is 0.00000261. The van der Waals surface area contributed by atoms with E-state index < -0.39 is 26.1 Å². The van der Waals surface area contributed by atoms with E-state index in [0.717, 1.165) is 24.5 Å². The van der Waals surface area contributed by atoms with Gasteiger partial charge in [0.2, 0.25) is 20.0 Å². The lowest BCUT2D eigenvalue weighted by Gasteiger charge is -2.14. The third-order valence-electron chi connectivity index (χ3n) is 4.05. The predicted octanol–water partition coefficient (Wildman–Crippen LogP) is 1.53. The summed E-state index contributed by atoms with van der Waals surface area (Å²) in [6.07, 6.45) is 1.60. The topological polar surface area (TPSA) is 118 Å². The van der Waals surface area contributed by atoms with E-state index in [1.54, 1.807) is 0 Å². The van der Waals surface area contributed by atoms with Crippen LogP contribution in [0.25, 0.3) is 0 Å². The molecule has 0 saturated heterocycles. The summed E-state index contributed by atoms with van der Waals surface area (Å²) in [5, 5.41) is 0. The van der Waals surface area contributed by atoms with Gasteiger partial charge in [-0.15, -0.1) is 12.4 Å². The zero-order valence-electron chi connectivity index (χ0n) is 14.4. The van der Waals surface area contributed by atoms with Crippen molar-refractivity contribution in [2.75, 3.05) is 6.54 Å². The molecule has 0 bridgehead atoms. The van der Waals surface area contributed by atoms with E-state index in [1.807, 2.05) is 30.3 Å². The van der Waals surface area contributed by atoms with Gasteiger partial charge in [0, 0.05) is 18.6 Å². The van der Waals surface area contributed by atoms with Crippen molar-refractivity contribution < 1.29 is 16.8 Å². The first-order chi connectivity index (χ1) is 12.3. The highest BCUT2D eigenvalue weighted by molar-refractivity contribution is 7.90. The molecule has 3 rings (SSSR count). The maximum Gasteiger partial charge on any atom is 0.240 e. The van der Waals surface area contributed by atoms with Crippen LogP contribution in [0.3, 0.4) is 0 Å². The predicted molar refractivity (Wildman–Crippen MR) is 106 cm³/mol. The zero-order valence-corrected chi connectivity index (χ0v) is 16.9. The lowest BCUT2D eigenvalue weighted by Crippen LogP contribution is -2.32. The molecule has 10 heteroatoms. The molecule has 1 unspecified atom stereocenters. The SMILES string of the molecule is Cl.NC(CNS(=O)(=O)c1cccc(S(=O)(=O)NC2CC2)c1)c1ccccc1. The molecule has 1 saturated carbocycles. The second-order valence-electron chi connectivity index (χ2n) is 6.24. The first-order valence-electron chi connectivity index (χ1n) is 8.20. The second kappa shape index (κ2) is 8.68. The summed E-state index contributed by atoms with van der Waals surface area (Å²) in [6, 6.07) is 13.9. The number of hydrogen-bond donors (Lipinski definition) is 3. The Bertz CT molecular complexity index is 978. The minimum atomic E-state index is -3.88. The van der Waals surface area contributed by atoms with Gasteiger partial charge >= 0.3 is 0 Å². The molecular formula is C17H22ClN3O4S2. The summed E-state index contributed by atoms with van der Waals surface area (Å²) >= 11 is 0. The number of benzene rings is 2. The maximum atomic E-state index is 12.5. The van der Waals surface area contributed by atoms with Crippen LogP contribution in [-0.2, 0) is 20.0 Å². The highest BCUT2D eigenvalue weighted by Gasteiger charge is 2.28. The fourth-order valence-electron chi connectivity index (χ4n) is 2.40. The molecule has 2 aromatic carbocycles. The molecule has 1 fully saturated rings. The Labute approximate surface area is 165 Å². The van der Waals surface area contributed by atoms with Gasteiger partial charge in [-0.05, 0) is 36.6 Å². The number of nitrogens with two attached hydrogens (primary N) is 1. The summed E-state index contributed by atoms with van der Waals surface area (Å²) < 4.78 is 54.5. The summed E-state index contributed by atoms with van der Waals surface area (Å²) in [7, 11) is -7.60. The van der Waals surface area contributed by atoms with Crippen molar-refractivity contribution in [3.05, 3.63) is 60.2 Å². The van der Waals surface area contributed by atoms with Gasteiger partial charge in [-0.2, -0.15) is 0 Å². The molecule has 0 spiro atoms. The third kappa shape index (κ3) is 5.74. The van der Waals surface area contributed by atoms with E-state index in [0.29, 0.717) is 0 Å². The number of hydrogen-bond acceptors (Lipinski definition) is 5. The first kappa shape index (κ1) is 21.8. The molecule has 0 heterocycles. The van der Waals surface area contributed by atoms with E-state index in [1.165, 1.54) is 18.2 Å². The summed E-state index contributed by atoms with van der Waals surface area (Å²) in [6.45, 7) is 0.00362. The van der Waals surface area contributed by atoms with Gasteiger partial charge in [-0.25, -0.2) is 26.3 Å². The number of rotatable bonds is 8. The molecule has 0 amide bonds. The van der Waals surface area contributed by atoms with Gasteiger partial charge in [0.05, 0.1) is 9.79 Å². The smallest absolute Gasteiger partial charge is 0.240 e. The Morgan fingerprint density at radius 1 is 0.926 bits per heavy atom. The Hall–Kier alpha value is -1.49. The highest BCUT2D eigenvalue weighted by atomic mass is 35.5. The van der Waals surface area contributed by atoms with E-state index in [4.69, 9.17) is 5.73 Å². The summed E-state index contributed by atoms with van der Waals surface area (Å²) in [5.74, 6) is 0. The lowest BCUT2D eigenvalue weighted by molar-refractivity contribution is 0.571. The average Bonchev–Trinajstić information content (AvgIpc) is 3.44. The molecule has 4 N–H and O–H groups in total. The molecule has 7 nitrogen and oxygen atoms in total. The minimum absolute atomic E-state index is 0. The van der Waals surface area contributed by atoms with Crippen LogP contribution in [0.4, 0.5) is 0 Å². The number of halogens is 1. The van der Waals surface area contributed by atoms with Gasteiger partial charge in [-0.3, -0.25) is 0 Å². The second-order valence-corrected chi connectivity index (χ2v) is 9.72. The van der Waals surface area contributed by atoms with Crippen LogP contribution in [-0.4, -0.2) is 29.4 Å². The molecule has 1 aliphatic carbocycles. The zero-order chi connectivity index (χ0) is 18.8. The van der Waals surface area contributed by atoms with Crippen LogP contribution >= 0.6 is 12.4 Å². The van der Waals surface area contributed by atoms with Crippen LogP contribution in [0.15, 0.2) is 64.4 Å². The van der Waals surface area contributed by atoms with Gasteiger partial charge < -0.3 is 5.73 Å². The average molecular weight is 432 g/mol. The third-order valence-corrected chi connectivity index (χ3v) is 6.99. The van der Waals surface area contributed by atoms with Crippen molar-refractivity contribution in [3.63, 3.8) is 0 Å². The molecular weight excluding hydrogens is 410 g/mol. The van der Waals surface area contributed by atoms with Gasteiger partial charge in [0.25, 0.3) is 0 Å². The van der Waals surface area contributed by atoms with Crippen molar-refractivity contribution >= 4 is 32.5 Å². The van der Waals surface area contributed by atoms with E-state index in [2.05, 4.69) is 9.44 Å². The van der Waals surface area contributed by atoms with Gasteiger partial charge in [-0.1, -0.05) is 36.4 Å². The monoisotopic (exact) mass is 431 g/mol. The molecule has 0 aliphatic heterocycles. The van der Waals surface area contributed by atoms with Crippen LogP contribution in [0.1, 0.15) is 24.4 Å². The Kier molecular flexibility index (Phi) is 7.01. The lowest BCUT2D eigenvalue weighted by atomic mass is 10.1. The molecule has 2 aromatic rings. The molecule has 1 atom stereocenters. The van der Waals surface area contributed by atoms with E-state index in [9.17, 15) is 16.8 Å². The quantitative estimate of drug-likeness (QED) is 0.585. The van der Waals surface area contributed by atoms with Gasteiger partial charge in [0.1, 0.15) is 0 Å². The van der Waals surface area contributed by atoms with Gasteiger partial charge in [0.15, 0.2) is 0 Å². The highest BCUT2D eigenvalue weighted by Crippen LogP contribution is 2.23. The first-order valence-corrected chi connectivity index (χ1v) is 11.2. The Morgan fingerprint density at radius 3 is 2.11 bits per heavy atom. The largest absolute Gasteiger partial charge is 0.323 e. The van der Waals surface area contributed by atoms with E-state index in [-0.39, 0.29) is 34.8 Å². The fourth-order valence-corrected chi connectivity index (χ4v) is 4.93. The molecule has 27 heavy (non-hydrogen) atoms. The summed E-state index contributed by atoms with van der Waals surface area (Å²) in [4.78, 5) is -0.184. The van der Waals surface area contributed by atoms with Crippen molar-refractivity contribution in [2.24, 2.45) is 5.73 Å². The minimum Gasteiger partial charge on any atom is -0.323 e. The van der Waals surface area contributed by atoms with E-state index >= 15 is 0 Å². The van der Waals surface area contributed by atoms with Crippen molar-refractivity contribution in [3.8, 4) is 0 Å². The van der Waals surface area contributed by atoms with Crippen LogP contribution in [0.2, 0.25) is 0 Å². The molecule has 0 radical (unpaired) electrons. The van der Waals surface area contributed by atoms with Crippen molar-refractivity contribution in [1.82, 2.24) is 9.44 Å². The number of nitrogens with one attached hydrogen (secondary N) is 2. The van der Waals surface area contributed by atoms with Crippen LogP contribution in [0, 0.1) is 0 Å². The van der Waals surface area contributed by atoms with Crippen LogP contribution < -0.4 is 15.2 Å². The number of sulfonamides is 2. The van der Waals surface area contributed by atoms with Crippen molar-refractivity contribution in [1.29, 1.82) is 0 Å². The van der Waals surface area contributed by atoms with Crippen molar-refractivity contribution in [2.45, 2.75) is 34.7 Å². The summed E-state index contributed by atoms with van der Waals surface area (Å²) in [5.41, 5.74) is 6.81. The maximum absolute atomic E-state index is 12.5. The molecule has 148 valence electrons. The standard InChI is InChI=1S/C17H21N3O4S2.ClH/c18-17(13-5-2-1-3-6-13)12-19-25(21,22)15-7-4-8-16(11-15)26(23,24)20-14-9-10-14;/h1-8,11,14,17,19-20H,9-10,12,18H2;1H. The van der Waals surface area contributed by atoms with Crippen LogP contribution in [0.5, 0.6) is 0 Å². The Morgan fingerprint density at radius 2 is 1.52 bits per heavy atom. The normalized spacial score (nSPS) is 15.7. The fraction of sp³-hybridized carbons (Fsp3) is 0.294. The molecule has 1 aliphatic rings.